The number of nitrogens with zero attached hydrogens (tertiary/aromatic N) is 3. The van der Waals surface area contributed by atoms with Crippen LogP contribution in [-0.4, -0.2) is 43.6 Å². The molecule has 1 aromatic carbocycles. The molecule has 7 heteroatoms. The summed E-state index contributed by atoms with van der Waals surface area (Å²) in [5.41, 5.74) is 1.79. The van der Waals surface area contributed by atoms with Gasteiger partial charge in [-0.05, 0) is 25.0 Å². The lowest BCUT2D eigenvalue weighted by atomic mass is 10.0. The van der Waals surface area contributed by atoms with Crippen molar-refractivity contribution in [1.82, 2.24) is 9.78 Å². The first-order valence-corrected chi connectivity index (χ1v) is 9.62. The van der Waals surface area contributed by atoms with E-state index >= 15 is 0 Å². The Morgan fingerprint density at radius 1 is 1.30 bits per heavy atom. The number of benzene rings is 1. The number of para-hydroxylation sites is 1. The molecular formula is C16H22N4O2S. The van der Waals surface area contributed by atoms with Crippen LogP contribution in [0.15, 0.2) is 41.6 Å². The van der Waals surface area contributed by atoms with Crippen molar-refractivity contribution in [1.29, 1.82) is 0 Å². The van der Waals surface area contributed by atoms with Gasteiger partial charge in [0.1, 0.15) is 0 Å². The molecule has 1 aliphatic heterocycles. The lowest BCUT2D eigenvalue weighted by Gasteiger charge is -2.34. The summed E-state index contributed by atoms with van der Waals surface area (Å²) in [6.45, 7) is 1.83. The number of rotatable bonds is 4. The number of nitrogens with one attached hydrogen (secondary N) is 1. The fourth-order valence-corrected chi connectivity index (χ4v) is 3.88. The summed E-state index contributed by atoms with van der Waals surface area (Å²) in [5, 5.41) is 7.64. The molecule has 2 aromatic rings. The number of hydrogen-bond acceptors (Lipinski definition) is 5. The monoisotopic (exact) mass is 334 g/mol. The molecule has 1 N–H and O–H groups in total. The fourth-order valence-electron chi connectivity index (χ4n) is 3.03. The van der Waals surface area contributed by atoms with E-state index < -0.39 is 9.84 Å². The zero-order valence-corrected chi connectivity index (χ0v) is 14.3. The Morgan fingerprint density at radius 3 is 2.78 bits per heavy atom. The summed E-state index contributed by atoms with van der Waals surface area (Å²) < 4.78 is 25.6. The molecule has 23 heavy (non-hydrogen) atoms. The van der Waals surface area contributed by atoms with Crippen molar-refractivity contribution in [2.75, 3.05) is 29.6 Å². The van der Waals surface area contributed by atoms with E-state index in [0.717, 1.165) is 31.6 Å². The molecule has 6 nitrogen and oxygen atoms in total. The number of hydrogen-bond donors (Lipinski definition) is 1. The molecule has 2 heterocycles. The van der Waals surface area contributed by atoms with Gasteiger partial charge >= 0.3 is 0 Å². The van der Waals surface area contributed by atoms with Crippen molar-refractivity contribution in [3.05, 3.63) is 36.7 Å². The van der Waals surface area contributed by atoms with Crippen molar-refractivity contribution >= 4 is 21.2 Å². The van der Waals surface area contributed by atoms with Crippen LogP contribution in [0.25, 0.3) is 0 Å². The van der Waals surface area contributed by atoms with Gasteiger partial charge in [-0.3, -0.25) is 4.68 Å². The van der Waals surface area contributed by atoms with Gasteiger partial charge in [0.25, 0.3) is 0 Å². The van der Waals surface area contributed by atoms with Gasteiger partial charge < -0.3 is 10.2 Å². The van der Waals surface area contributed by atoms with Crippen molar-refractivity contribution in [3.63, 3.8) is 0 Å². The van der Waals surface area contributed by atoms with Crippen LogP contribution < -0.4 is 10.2 Å². The fraction of sp³-hybridized carbons (Fsp3) is 0.438. The van der Waals surface area contributed by atoms with Crippen LogP contribution in [-0.2, 0) is 16.9 Å². The summed E-state index contributed by atoms with van der Waals surface area (Å²) in [4.78, 5) is 2.65. The van der Waals surface area contributed by atoms with Crippen LogP contribution in [0.1, 0.15) is 12.8 Å². The molecule has 1 aromatic heterocycles. The topological polar surface area (TPSA) is 67.2 Å². The molecule has 0 spiro atoms. The Hall–Kier alpha value is -2.02. The molecule has 0 bridgehead atoms. The molecule has 124 valence electrons. The van der Waals surface area contributed by atoms with Crippen molar-refractivity contribution in [3.8, 4) is 0 Å². The number of aromatic nitrogens is 2. The van der Waals surface area contributed by atoms with Crippen LogP contribution in [0, 0.1) is 0 Å². The van der Waals surface area contributed by atoms with Crippen molar-refractivity contribution in [2.45, 2.75) is 23.8 Å². The maximum Gasteiger partial charge on any atom is 0.177 e. The molecule has 0 unspecified atom stereocenters. The van der Waals surface area contributed by atoms with E-state index in [1.807, 2.05) is 31.6 Å². The minimum atomic E-state index is -3.24. The van der Waals surface area contributed by atoms with Crippen LogP contribution >= 0.6 is 0 Å². The molecule has 1 aliphatic rings. The lowest BCUT2D eigenvalue weighted by molar-refractivity contribution is 0.529. The third-order valence-electron chi connectivity index (χ3n) is 4.12. The van der Waals surface area contributed by atoms with E-state index in [0.29, 0.717) is 10.6 Å². The first-order valence-electron chi connectivity index (χ1n) is 7.73. The zero-order valence-electron chi connectivity index (χ0n) is 13.4. The third-order valence-corrected chi connectivity index (χ3v) is 5.28. The number of piperidine rings is 1. The van der Waals surface area contributed by atoms with Crippen LogP contribution in [0.2, 0.25) is 0 Å². The standard InChI is InChI=1S/C16H22N4O2S/c1-19-12-14(10-17-19)20-9-5-6-13(11-20)18-15-7-3-4-8-16(15)23(2,21)22/h3-4,7-8,10,12-13,18H,5-6,9,11H2,1-2H3/t13-/m0/s1. The number of sulfone groups is 1. The van der Waals surface area contributed by atoms with Crippen molar-refractivity contribution < 1.29 is 8.42 Å². The van der Waals surface area contributed by atoms with E-state index in [1.165, 1.54) is 6.26 Å². The first kappa shape index (κ1) is 15.9. The summed E-state index contributed by atoms with van der Waals surface area (Å²) in [6, 6.07) is 7.31. The van der Waals surface area contributed by atoms with Crippen LogP contribution in [0.4, 0.5) is 11.4 Å². The van der Waals surface area contributed by atoms with Gasteiger partial charge in [0.2, 0.25) is 0 Å². The normalized spacial score (nSPS) is 18.9. The maximum atomic E-state index is 11.9. The molecule has 0 amide bonds. The molecule has 3 rings (SSSR count). The van der Waals surface area contributed by atoms with Crippen molar-refractivity contribution in [2.24, 2.45) is 7.05 Å². The van der Waals surface area contributed by atoms with Crippen LogP contribution in [0.3, 0.4) is 0 Å². The Labute approximate surface area is 137 Å². The van der Waals surface area contributed by atoms with Gasteiger partial charge in [-0.25, -0.2) is 8.42 Å². The smallest absolute Gasteiger partial charge is 0.177 e. The SMILES string of the molecule is Cn1cc(N2CCC[C@H](Nc3ccccc3S(C)(=O)=O)C2)cn1. The minimum absolute atomic E-state index is 0.215. The van der Waals surface area contributed by atoms with Gasteiger partial charge in [-0.2, -0.15) is 5.10 Å². The molecule has 0 saturated carbocycles. The van der Waals surface area contributed by atoms with Gasteiger partial charge in [0.15, 0.2) is 9.84 Å². The Kier molecular flexibility index (Phi) is 4.30. The average molecular weight is 334 g/mol. The summed E-state index contributed by atoms with van der Waals surface area (Å²) in [6.07, 6.45) is 7.21. The molecule has 1 atom stereocenters. The highest BCUT2D eigenvalue weighted by molar-refractivity contribution is 7.90. The van der Waals surface area contributed by atoms with E-state index in [2.05, 4.69) is 15.3 Å². The first-order chi connectivity index (χ1) is 10.9. The van der Waals surface area contributed by atoms with E-state index in [-0.39, 0.29) is 6.04 Å². The van der Waals surface area contributed by atoms with Gasteiger partial charge in [-0.1, -0.05) is 12.1 Å². The quantitative estimate of drug-likeness (QED) is 0.925. The predicted octanol–water partition coefficient (Wildman–Crippen LogP) is 1.90. The predicted molar refractivity (Wildman–Crippen MR) is 91.6 cm³/mol. The summed E-state index contributed by atoms with van der Waals surface area (Å²) in [5.74, 6) is 0. The highest BCUT2D eigenvalue weighted by atomic mass is 32.2. The van der Waals surface area contributed by atoms with E-state index in [1.54, 1.807) is 16.8 Å². The summed E-state index contributed by atoms with van der Waals surface area (Å²) in [7, 11) is -1.33. The number of anilines is 2. The second-order valence-electron chi connectivity index (χ2n) is 6.07. The van der Waals surface area contributed by atoms with E-state index in [9.17, 15) is 8.42 Å². The molecule has 0 radical (unpaired) electrons. The van der Waals surface area contributed by atoms with Gasteiger partial charge in [-0.15, -0.1) is 0 Å². The Balaban J connectivity index is 1.76. The lowest BCUT2D eigenvalue weighted by Crippen LogP contribution is -2.42. The molecule has 1 saturated heterocycles. The maximum absolute atomic E-state index is 11.9. The highest BCUT2D eigenvalue weighted by Gasteiger charge is 2.22. The third kappa shape index (κ3) is 3.67. The number of aryl methyl sites for hydroxylation is 1. The Morgan fingerprint density at radius 2 is 2.09 bits per heavy atom. The zero-order chi connectivity index (χ0) is 16.4. The molecule has 0 aliphatic carbocycles. The average Bonchev–Trinajstić information content (AvgIpc) is 2.94. The van der Waals surface area contributed by atoms with E-state index in [4.69, 9.17) is 0 Å². The van der Waals surface area contributed by atoms with Gasteiger partial charge in [0, 0.05) is 38.6 Å². The van der Waals surface area contributed by atoms with Crippen LogP contribution in [0.5, 0.6) is 0 Å². The summed E-state index contributed by atoms with van der Waals surface area (Å²) >= 11 is 0. The molecule has 1 fully saturated rings. The second-order valence-corrected chi connectivity index (χ2v) is 8.05. The largest absolute Gasteiger partial charge is 0.379 e. The molecular weight excluding hydrogens is 312 g/mol. The second kappa shape index (κ2) is 6.23. The Bertz CT molecular complexity index is 785. The minimum Gasteiger partial charge on any atom is -0.379 e. The highest BCUT2D eigenvalue weighted by Crippen LogP contribution is 2.25. The van der Waals surface area contributed by atoms with Gasteiger partial charge in [0.05, 0.1) is 22.5 Å².